The van der Waals surface area contributed by atoms with Gasteiger partial charge in [0, 0.05) is 49.4 Å². The normalized spacial score (nSPS) is 12.1. The van der Waals surface area contributed by atoms with Crippen molar-refractivity contribution in [3.63, 3.8) is 0 Å². The van der Waals surface area contributed by atoms with E-state index in [-0.39, 0.29) is 0 Å². The highest BCUT2D eigenvalue weighted by Crippen LogP contribution is 2.44. The van der Waals surface area contributed by atoms with Crippen LogP contribution in [0.2, 0.25) is 0 Å². The number of benzene rings is 11. The molecule has 3 heteroatoms. The lowest BCUT2D eigenvalue weighted by Crippen LogP contribution is -2.00. The smallest absolute Gasteiger partial charge is 0.0788 e. The zero-order valence-electron chi connectivity index (χ0n) is 34.2. The van der Waals surface area contributed by atoms with Gasteiger partial charge in [-0.3, -0.25) is 0 Å². The van der Waals surface area contributed by atoms with Gasteiger partial charge in [0.25, 0.3) is 0 Å². The maximum absolute atomic E-state index is 2.51. The van der Waals surface area contributed by atoms with Crippen LogP contribution in [0.4, 0.5) is 0 Å². The number of rotatable bonds is 4. The molecule has 0 aliphatic rings. The Morgan fingerprint density at radius 1 is 0.190 bits per heavy atom. The molecule has 3 aromatic heterocycles. The van der Waals surface area contributed by atoms with Gasteiger partial charge < -0.3 is 13.7 Å². The van der Waals surface area contributed by atoms with E-state index < -0.39 is 0 Å². The van der Waals surface area contributed by atoms with E-state index in [1.807, 2.05) is 0 Å². The van der Waals surface area contributed by atoms with E-state index in [0.717, 1.165) is 17.1 Å². The fraction of sp³-hybridized carbons (Fsp3) is 0. The first-order valence-electron chi connectivity index (χ1n) is 21.8. The summed E-state index contributed by atoms with van der Waals surface area (Å²) >= 11 is 0. The SMILES string of the molecule is c1ccc(-n2c3ccccc3c3ccc(-n4c5ccccc5c5ccc6c7ccccc7n(-c7cccc(-c8ccc9c%10ccccc%10c%10ccccc%10c9c8)c7)c6c54)cc32)cc1. The Bertz CT molecular complexity index is 4160. The molecule has 0 radical (unpaired) electrons. The summed E-state index contributed by atoms with van der Waals surface area (Å²) < 4.78 is 7.44. The lowest BCUT2D eigenvalue weighted by atomic mass is 9.92. The van der Waals surface area contributed by atoms with Crippen LogP contribution in [0, 0.1) is 0 Å². The van der Waals surface area contributed by atoms with Gasteiger partial charge in [-0.05, 0) is 104 Å². The quantitative estimate of drug-likeness (QED) is 0.158. The van der Waals surface area contributed by atoms with E-state index in [1.165, 1.54) is 109 Å². The predicted octanol–water partition coefficient (Wildman–Crippen LogP) is 16.1. The van der Waals surface area contributed by atoms with E-state index in [4.69, 9.17) is 0 Å². The average Bonchev–Trinajstić information content (AvgIpc) is 4.00. The van der Waals surface area contributed by atoms with E-state index in [2.05, 4.69) is 238 Å². The molecule has 0 N–H and O–H groups in total. The summed E-state index contributed by atoms with van der Waals surface area (Å²) in [7, 11) is 0. The molecule has 0 amide bonds. The Labute approximate surface area is 362 Å². The first-order chi connectivity index (χ1) is 31.3. The summed E-state index contributed by atoms with van der Waals surface area (Å²) in [6.45, 7) is 0. The Balaban J connectivity index is 1.05. The van der Waals surface area contributed by atoms with Crippen molar-refractivity contribution in [1.82, 2.24) is 13.7 Å². The van der Waals surface area contributed by atoms with Crippen molar-refractivity contribution in [1.29, 1.82) is 0 Å². The van der Waals surface area contributed by atoms with Crippen molar-refractivity contribution in [3.05, 3.63) is 224 Å². The molecular weight excluding hydrogens is 763 g/mol. The summed E-state index contributed by atoms with van der Waals surface area (Å²) in [6, 6.07) is 82.8. The van der Waals surface area contributed by atoms with Crippen LogP contribution >= 0.6 is 0 Å². The molecule has 0 bridgehead atoms. The first kappa shape index (κ1) is 34.3. The van der Waals surface area contributed by atoms with Gasteiger partial charge in [-0.2, -0.15) is 0 Å². The number of aromatic nitrogens is 3. The number of hydrogen-bond donors (Lipinski definition) is 0. The second kappa shape index (κ2) is 13.1. The van der Waals surface area contributed by atoms with E-state index in [9.17, 15) is 0 Å². The predicted molar refractivity (Wildman–Crippen MR) is 267 cm³/mol. The van der Waals surface area contributed by atoms with E-state index >= 15 is 0 Å². The zero-order valence-corrected chi connectivity index (χ0v) is 34.2. The third kappa shape index (κ3) is 4.85. The molecule has 292 valence electrons. The van der Waals surface area contributed by atoms with Gasteiger partial charge in [0.1, 0.15) is 0 Å². The molecule has 3 heterocycles. The van der Waals surface area contributed by atoms with Crippen LogP contribution in [0.3, 0.4) is 0 Å². The van der Waals surface area contributed by atoms with Gasteiger partial charge in [0.2, 0.25) is 0 Å². The Morgan fingerprint density at radius 3 is 1.19 bits per heavy atom. The van der Waals surface area contributed by atoms with Gasteiger partial charge >= 0.3 is 0 Å². The van der Waals surface area contributed by atoms with E-state index in [0.29, 0.717) is 0 Å². The van der Waals surface area contributed by atoms with Crippen LogP contribution < -0.4 is 0 Å². The van der Waals surface area contributed by atoms with Crippen molar-refractivity contribution in [3.8, 4) is 28.2 Å². The van der Waals surface area contributed by atoms with Gasteiger partial charge in [0.15, 0.2) is 0 Å². The van der Waals surface area contributed by atoms with Crippen molar-refractivity contribution >= 4 is 97.7 Å². The first-order valence-corrected chi connectivity index (χ1v) is 21.8. The maximum atomic E-state index is 2.51. The standard InChI is InChI=1S/C60H37N3/c1-2-16-40(17-3-1)61-55-26-11-8-23-48(55)51-32-30-42(37-58(51)61)63-57-28-13-10-25-50(57)53-34-33-52-49-24-9-12-27-56(49)62(59(52)60(53)63)41-18-14-15-38(35-41)39-29-31-47-45-21-5-4-19-43(45)44-20-6-7-22-46(44)54(47)36-39/h1-37H. The van der Waals surface area contributed by atoms with Crippen LogP contribution in [0.5, 0.6) is 0 Å². The third-order valence-corrected chi connectivity index (χ3v) is 13.6. The highest BCUT2D eigenvalue weighted by Gasteiger charge is 2.22. The van der Waals surface area contributed by atoms with Crippen LogP contribution in [0.15, 0.2) is 224 Å². The maximum Gasteiger partial charge on any atom is 0.0788 e. The minimum Gasteiger partial charge on any atom is -0.309 e. The molecule has 14 aromatic rings. The lowest BCUT2D eigenvalue weighted by molar-refractivity contribution is 1.14. The molecule has 0 unspecified atom stereocenters. The number of para-hydroxylation sites is 4. The van der Waals surface area contributed by atoms with Crippen LogP contribution in [0.25, 0.3) is 126 Å². The second-order valence-corrected chi connectivity index (χ2v) is 16.9. The fourth-order valence-electron chi connectivity index (χ4n) is 10.9. The lowest BCUT2D eigenvalue weighted by Gasteiger charge is -2.15. The topological polar surface area (TPSA) is 14.8 Å². The van der Waals surface area contributed by atoms with Crippen LogP contribution in [-0.2, 0) is 0 Å². The fourth-order valence-corrected chi connectivity index (χ4v) is 10.9. The van der Waals surface area contributed by atoms with E-state index in [1.54, 1.807) is 0 Å². The molecule has 0 saturated carbocycles. The highest BCUT2D eigenvalue weighted by molar-refractivity contribution is 6.26. The Kier molecular flexibility index (Phi) is 7.11. The van der Waals surface area contributed by atoms with Gasteiger partial charge in [-0.25, -0.2) is 0 Å². The molecule has 0 saturated heterocycles. The number of nitrogens with zero attached hydrogens (tertiary/aromatic N) is 3. The van der Waals surface area contributed by atoms with Crippen molar-refractivity contribution in [2.75, 3.05) is 0 Å². The Hall–Kier alpha value is -8.40. The second-order valence-electron chi connectivity index (χ2n) is 16.9. The summed E-state index contributed by atoms with van der Waals surface area (Å²) in [4.78, 5) is 0. The molecule has 0 aliphatic carbocycles. The Morgan fingerprint density at radius 2 is 0.587 bits per heavy atom. The van der Waals surface area contributed by atoms with Crippen molar-refractivity contribution < 1.29 is 0 Å². The molecule has 0 atom stereocenters. The average molecular weight is 800 g/mol. The summed E-state index contributed by atoms with van der Waals surface area (Å²) in [5.41, 5.74) is 12.9. The monoisotopic (exact) mass is 799 g/mol. The molecule has 3 nitrogen and oxygen atoms in total. The molecule has 11 aromatic carbocycles. The van der Waals surface area contributed by atoms with Crippen molar-refractivity contribution in [2.24, 2.45) is 0 Å². The largest absolute Gasteiger partial charge is 0.309 e. The summed E-state index contributed by atoms with van der Waals surface area (Å²) in [5.74, 6) is 0. The van der Waals surface area contributed by atoms with Crippen LogP contribution in [-0.4, -0.2) is 13.7 Å². The minimum absolute atomic E-state index is 1.13. The van der Waals surface area contributed by atoms with Crippen LogP contribution in [0.1, 0.15) is 0 Å². The molecule has 0 aliphatic heterocycles. The molecule has 0 fully saturated rings. The highest BCUT2D eigenvalue weighted by atomic mass is 15.1. The van der Waals surface area contributed by atoms with Gasteiger partial charge in [-0.1, -0.05) is 164 Å². The molecular formula is C60H37N3. The third-order valence-electron chi connectivity index (χ3n) is 13.6. The summed E-state index contributed by atoms with van der Waals surface area (Å²) in [5, 5.41) is 15.1. The number of fused-ring (bicyclic) bond motifs is 16. The minimum atomic E-state index is 1.13. The van der Waals surface area contributed by atoms with Gasteiger partial charge in [0.05, 0.1) is 33.1 Å². The zero-order chi connectivity index (χ0) is 41.2. The summed E-state index contributed by atoms with van der Waals surface area (Å²) in [6.07, 6.45) is 0. The molecule has 63 heavy (non-hydrogen) atoms. The molecule has 14 rings (SSSR count). The van der Waals surface area contributed by atoms with Crippen molar-refractivity contribution in [2.45, 2.75) is 0 Å². The number of hydrogen-bond acceptors (Lipinski definition) is 0. The molecule has 0 spiro atoms. The van der Waals surface area contributed by atoms with Gasteiger partial charge in [-0.15, -0.1) is 0 Å².